The van der Waals surface area contributed by atoms with E-state index in [0.717, 1.165) is 30.6 Å². The summed E-state index contributed by atoms with van der Waals surface area (Å²) < 4.78 is 1.82. The summed E-state index contributed by atoms with van der Waals surface area (Å²) in [5, 5.41) is 0.515. The van der Waals surface area contributed by atoms with Gasteiger partial charge in [-0.15, -0.1) is 0 Å². The van der Waals surface area contributed by atoms with Crippen LogP contribution < -0.4 is 0 Å². The first-order chi connectivity index (χ1) is 11.1. The van der Waals surface area contributed by atoms with Gasteiger partial charge in [-0.1, -0.05) is 44.5 Å². The molecule has 3 rings (SSSR count). The van der Waals surface area contributed by atoms with Crippen molar-refractivity contribution in [2.45, 2.75) is 45.8 Å². The number of hydrogen-bond acceptors (Lipinski definition) is 2. The summed E-state index contributed by atoms with van der Waals surface area (Å²) in [6.07, 6.45) is 9.40. The Bertz CT molecular complexity index is 697. The van der Waals surface area contributed by atoms with Crippen molar-refractivity contribution in [3.05, 3.63) is 35.4 Å². The molecular formula is C18H23BClN2O. The summed E-state index contributed by atoms with van der Waals surface area (Å²) in [5.41, 5.74) is 1.49. The van der Waals surface area contributed by atoms with Crippen LogP contribution in [-0.4, -0.2) is 22.4 Å². The second kappa shape index (κ2) is 7.08. The number of aromatic nitrogens is 2. The maximum absolute atomic E-state index is 13.1. The Labute approximate surface area is 143 Å². The summed E-state index contributed by atoms with van der Waals surface area (Å²) in [7, 11) is 2.25. The zero-order valence-electron chi connectivity index (χ0n) is 13.8. The third-order valence-electron chi connectivity index (χ3n) is 5.28. The number of rotatable bonds is 5. The largest absolute Gasteiger partial charge is 0.295 e. The highest BCUT2D eigenvalue weighted by Gasteiger charge is 2.31. The predicted molar refractivity (Wildman–Crippen MR) is 95.6 cm³/mol. The van der Waals surface area contributed by atoms with Crippen molar-refractivity contribution >= 4 is 30.2 Å². The van der Waals surface area contributed by atoms with E-state index in [2.05, 4.69) is 26.0 Å². The normalized spacial score (nSPS) is 22.9. The molecule has 0 amide bonds. The third-order valence-corrected chi connectivity index (χ3v) is 5.59. The lowest BCUT2D eigenvalue weighted by atomic mass is 9.64. The van der Waals surface area contributed by atoms with Gasteiger partial charge in [-0.2, -0.15) is 0 Å². The molecule has 121 valence electrons. The molecule has 2 aromatic heterocycles. The maximum atomic E-state index is 13.1. The van der Waals surface area contributed by atoms with Crippen molar-refractivity contribution in [3.63, 3.8) is 0 Å². The minimum atomic E-state index is 0.000145. The number of hydrogen-bond donors (Lipinski definition) is 0. The first-order valence-electron chi connectivity index (χ1n) is 8.54. The van der Waals surface area contributed by atoms with Gasteiger partial charge in [-0.3, -0.25) is 9.20 Å². The Hall–Kier alpha value is -1.29. The van der Waals surface area contributed by atoms with Gasteiger partial charge in [0.25, 0.3) is 0 Å². The number of imidazole rings is 1. The second-order valence-electron chi connectivity index (χ2n) is 6.81. The zero-order valence-corrected chi connectivity index (χ0v) is 14.6. The van der Waals surface area contributed by atoms with Crippen molar-refractivity contribution in [3.8, 4) is 0 Å². The molecule has 0 spiro atoms. The fraction of sp³-hybridized carbons (Fsp3) is 0.556. The SMILES string of the molecule is C[B]CC1CCCC(C(C)C(=O)c2c(Cl)ccc3cncn23)C1. The number of carbonyl (C=O) groups is 1. The lowest BCUT2D eigenvalue weighted by Crippen LogP contribution is -2.28. The van der Waals surface area contributed by atoms with Crippen molar-refractivity contribution in [2.24, 2.45) is 17.8 Å². The number of nitrogens with zero attached hydrogens (tertiary/aromatic N) is 2. The van der Waals surface area contributed by atoms with Crippen LogP contribution in [0.4, 0.5) is 0 Å². The Morgan fingerprint density at radius 3 is 3.09 bits per heavy atom. The topological polar surface area (TPSA) is 34.4 Å². The summed E-state index contributed by atoms with van der Waals surface area (Å²) in [6.45, 7) is 4.19. The Balaban J connectivity index is 1.84. The van der Waals surface area contributed by atoms with Crippen molar-refractivity contribution in [2.75, 3.05) is 0 Å². The molecule has 3 unspecified atom stereocenters. The third kappa shape index (κ3) is 3.32. The smallest absolute Gasteiger partial charge is 0.184 e. The first kappa shape index (κ1) is 16.6. The van der Waals surface area contributed by atoms with Crippen LogP contribution in [-0.2, 0) is 0 Å². The summed E-state index contributed by atoms with van der Waals surface area (Å²) >= 11 is 6.34. The number of halogens is 1. The molecular weight excluding hydrogens is 306 g/mol. The molecule has 3 atom stereocenters. The monoisotopic (exact) mass is 329 g/mol. The highest BCUT2D eigenvalue weighted by atomic mass is 35.5. The molecule has 0 aromatic carbocycles. The second-order valence-corrected chi connectivity index (χ2v) is 7.22. The molecule has 2 heterocycles. The van der Waals surface area contributed by atoms with E-state index in [1.54, 1.807) is 18.6 Å². The summed E-state index contributed by atoms with van der Waals surface area (Å²) in [5.74, 6) is 1.33. The van der Waals surface area contributed by atoms with Gasteiger partial charge in [-0.25, -0.2) is 4.98 Å². The van der Waals surface area contributed by atoms with Crippen LogP contribution in [0.2, 0.25) is 18.2 Å². The molecule has 1 aliphatic rings. The number of fused-ring (bicyclic) bond motifs is 1. The van der Waals surface area contributed by atoms with Gasteiger partial charge in [0.2, 0.25) is 0 Å². The predicted octanol–water partition coefficient (Wildman–Crippen LogP) is 4.78. The van der Waals surface area contributed by atoms with Crippen LogP contribution in [0.15, 0.2) is 24.7 Å². The van der Waals surface area contributed by atoms with E-state index in [0.29, 0.717) is 16.6 Å². The van der Waals surface area contributed by atoms with E-state index >= 15 is 0 Å². The van der Waals surface area contributed by atoms with Gasteiger partial charge in [0.15, 0.2) is 5.78 Å². The van der Waals surface area contributed by atoms with E-state index in [4.69, 9.17) is 11.6 Å². The molecule has 0 N–H and O–H groups in total. The highest BCUT2D eigenvalue weighted by molar-refractivity contribution is 6.34. The average molecular weight is 330 g/mol. The molecule has 1 radical (unpaired) electrons. The molecule has 0 saturated heterocycles. The van der Waals surface area contributed by atoms with Crippen LogP contribution in [0.5, 0.6) is 0 Å². The van der Waals surface area contributed by atoms with Crippen LogP contribution >= 0.6 is 11.6 Å². The highest BCUT2D eigenvalue weighted by Crippen LogP contribution is 2.37. The molecule has 1 aliphatic carbocycles. The van der Waals surface area contributed by atoms with Crippen LogP contribution in [0.1, 0.15) is 43.1 Å². The standard InChI is InChI=1S/C18H23BClN2O/c1-12(14-5-3-4-13(8-14)9-19-2)18(23)17-16(20)7-6-15-10-21-11-22(15)17/h6-7,10-14H,3-5,8-9H2,1-2H3. The Morgan fingerprint density at radius 2 is 2.30 bits per heavy atom. The van der Waals surface area contributed by atoms with Crippen LogP contribution in [0.3, 0.4) is 0 Å². The van der Waals surface area contributed by atoms with E-state index in [1.807, 2.05) is 10.5 Å². The number of ketones is 1. The minimum Gasteiger partial charge on any atom is -0.295 e. The van der Waals surface area contributed by atoms with E-state index < -0.39 is 0 Å². The molecule has 2 aromatic rings. The fourth-order valence-corrected chi connectivity index (χ4v) is 4.22. The summed E-state index contributed by atoms with van der Waals surface area (Å²) in [4.78, 5) is 17.2. The first-order valence-corrected chi connectivity index (χ1v) is 8.92. The summed E-state index contributed by atoms with van der Waals surface area (Å²) in [6, 6.07) is 3.69. The van der Waals surface area contributed by atoms with Gasteiger partial charge in [-0.05, 0) is 36.8 Å². The Kier molecular flexibility index (Phi) is 5.10. The van der Waals surface area contributed by atoms with Gasteiger partial charge >= 0.3 is 0 Å². The zero-order chi connectivity index (χ0) is 16.4. The molecule has 1 saturated carbocycles. The lowest BCUT2D eigenvalue weighted by molar-refractivity contribution is 0.0840. The fourth-order valence-electron chi connectivity index (χ4n) is 3.97. The number of pyridine rings is 1. The molecule has 1 fully saturated rings. The maximum Gasteiger partial charge on any atom is 0.184 e. The van der Waals surface area contributed by atoms with Crippen LogP contribution in [0, 0.1) is 17.8 Å². The van der Waals surface area contributed by atoms with Gasteiger partial charge in [0.1, 0.15) is 13.0 Å². The molecule has 0 bridgehead atoms. The molecule has 3 nitrogen and oxygen atoms in total. The van der Waals surface area contributed by atoms with Crippen molar-refractivity contribution < 1.29 is 4.79 Å². The number of carbonyl (C=O) groups excluding carboxylic acids is 1. The minimum absolute atomic E-state index is 0.000145. The Morgan fingerprint density at radius 1 is 1.48 bits per heavy atom. The average Bonchev–Trinajstić information content (AvgIpc) is 3.02. The molecule has 0 aliphatic heterocycles. The number of Topliss-reactive ketones (excluding diaryl/α,β-unsaturated/α-hetero) is 1. The lowest BCUT2D eigenvalue weighted by Gasteiger charge is -2.32. The van der Waals surface area contributed by atoms with Gasteiger partial charge in [0, 0.05) is 5.92 Å². The van der Waals surface area contributed by atoms with E-state index in [-0.39, 0.29) is 11.7 Å². The van der Waals surface area contributed by atoms with Crippen molar-refractivity contribution in [1.29, 1.82) is 0 Å². The quantitative estimate of drug-likeness (QED) is 0.584. The van der Waals surface area contributed by atoms with E-state index in [9.17, 15) is 4.79 Å². The molecule has 23 heavy (non-hydrogen) atoms. The van der Waals surface area contributed by atoms with Gasteiger partial charge < -0.3 is 0 Å². The molecule has 5 heteroatoms. The van der Waals surface area contributed by atoms with Crippen LogP contribution in [0.25, 0.3) is 5.52 Å². The van der Waals surface area contributed by atoms with Crippen molar-refractivity contribution in [1.82, 2.24) is 9.38 Å². The van der Waals surface area contributed by atoms with Gasteiger partial charge in [0.05, 0.1) is 23.1 Å². The van der Waals surface area contributed by atoms with E-state index in [1.165, 1.54) is 12.8 Å².